The van der Waals surface area contributed by atoms with Crippen LogP contribution in [0.1, 0.15) is 18.9 Å². The van der Waals surface area contributed by atoms with E-state index < -0.39 is 0 Å². The molecule has 0 radical (unpaired) electrons. The first-order valence-corrected chi connectivity index (χ1v) is 5.17. The highest BCUT2D eigenvalue weighted by atomic mass is 16.6. The number of epoxide rings is 1. The van der Waals surface area contributed by atoms with Crippen LogP contribution in [0.15, 0.2) is 30.3 Å². The van der Waals surface area contributed by atoms with Gasteiger partial charge in [-0.25, -0.2) is 0 Å². The average Bonchev–Trinajstić information content (AvgIpc) is 2.98. The minimum absolute atomic E-state index is 0.351. The Balaban J connectivity index is 1.64. The first kappa shape index (κ1) is 9.69. The van der Waals surface area contributed by atoms with Gasteiger partial charge in [0.25, 0.3) is 0 Å². The van der Waals surface area contributed by atoms with E-state index in [2.05, 4.69) is 19.1 Å². The summed E-state index contributed by atoms with van der Waals surface area (Å²) in [7, 11) is 0. The van der Waals surface area contributed by atoms with Gasteiger partial charge in [-0.1, -0.05) is 37.3 Å². The van der Waals surface area contributed by atoms with Crippen molar-refractivity contribution >= 4 is 0 Å². The predicted molar refractivity (Wildman–Crippen MR) is 55.1 cm³/mol. The Kier molecular flexibility index (Phi) is 3.17. The lowest BCUT2D eigenvalue weighted by Gasteiger charge is -2.01. The molecule has 76 valence electrons. The Morgan fingerprint density at radius 1 is 1.21 bits per heavy atom. The molecule has 0 saturated carbocycles. The minimum atomic E-state index is 0.351. The van der Waals surface area contributed by atoms with E-state index in [1.807, 2.05) is 18.2 Å². The summed E-state index contributed by atoms with van der Waals surface area (Å²) >= 11 is 0. The summed E-state index contributed by atoms with van der Waals surface area (Å²) in [6, 6.07) is 10.2. The number of ether oxygens (including phenoxy) is 2. The lowest BCUT2D eigenvalue weighted by molar-refractivity contribution is 0.104. The topological polar surface area (TPSA) is 21.8 Å². The molecule has 2 nitrogen and oxygen atoms in total. The second kappa shape index (κ2) is 4.58. The second-order valence-electron chi connectivity index (χ2n) is 3.62. The summed E-state index contributed by atoms with van der Waals surface area (Å²) in [4.78, 5) is 0. The molecular weight excluding hydrogens is 176 g/mol. The molecule has 14 heavy (non-hydrogen) atoms. The molecule has 1 aromatic carbocycles. The van der Waals surface area contributed by atoms with Gasteiger partial charge < -0.3 is 9.47 Å². The molecule has 0 N–H and O–H groups in total. The first-order chi connectivity index (χ1) is 6.90. The third-order valence-electron chi connectivity index (χ3n) is 2.48. The van der Waals surface area contributed by atoms with Crippen LogP contribution in [0.5, 0.6) is 0 Å². The van der Waals surface area contributed by atoms with Crippen LogP contribution >= 0.6 is 0 Å². The van der Waals surface area contributed by atoms with Crippen LogP contribution in [0.2, 0.25) is 0 Å². The SMILES string of the molecule is CCC1O[C@@H]1COCc1ccccc1. The van der Waals surface area contributed by atoms with Gasteiger partial charge in [-0.15, -0.1) is 0 Å². The van der Waals surface area contributed by atoms with Crippen molar-refractivity contribution in [2.24, 2.45) is 0 Å². The fraction of sp³-hybridized carbons (Fsp3) is 0.500. The highest BCUT2D eigenvalue weighted by Gasteiger charge is 2.36. The summed E-state index contributed by atoms with van der Waals surface area (Å²) in [6.45, 7) is 3.56. The summed E-state index contributed by atoms with van der Waals surface area (Å²) in [5.74, 6) is 0. The largest absolute Gasteiger partial charge is 0.374 e. The van der Waals surface area contributed by atoms with E-state index in [-0.39, 0.29) is 0 Å². The van der Waals surface area contributed by atoms with Crippen molar-refractivity contribution in [3.05, 3.63) is 35.9 Å². The molecule has 0 amide bonds. The molecule has 1 aromatic rings. The van der Waals surface area contributed by atoms with Crippen molar-refractivity contribution in [2.45, 2.75) is 32.2 Å². The van der Waals surface area contributed by atoms with Gasteiger partial charge in [0.05, 0.1) is 19.3 Å². The second-order valence-corrected chi connectivity index (χ2v) is 3.62. The van der Waals surface area contributed by atoms with Crippen LogP contribution in [0.4, 0.5) is 0 Å². The maximum absolute atomic E-state index is 5.55. The Hall–Kier alpha value is -0.860. The van der Waals surface area contributed by atoms with E-state index in [1.54, 1.807) is 0 Å². The van der Waals surface area contributed by atoms with Gasteiger partial charge in [0.15, 0.2) is 0 Å². The maximum Gasteiger partial charge on any atom is 0.107 e. The lowest BCUT2D eigenvalue weighted by Crippen LogP contribution is -2.04. The zero-order chi connectivity index (χ0) is 9.80. The fourth-order valence-corrected chi connectivity index (χ4v) is 1.55. The number of hydrogen-bond donors (Lipinski definition) is 0. The molecule has 0 aliphatic carbocycles. The van der Waals surface area contributed by atoms with Crippen molar-refractivity contribution in [1.29, 1.82) is 0 Å². The quantitative estimate of drug-likeness (QED) is 0.668. The van der Waals surface area contributed by atoms with E-state index in [0.29, 0.717) is 18.8 Å². The van der Waals surface area contributed by atoms with Gasteiger partial charge in [0.2, 0.25) is 0 Å². The molecule has 1 saturated heterocycles. The van der Waals surface area contributed by atoms with Crippen LogP contribution in [0, 0.1) is 0 Å². The van der Waals surface area contributed by atoms with Crippen LogP contribution in [-0.2, 0) is 16.1 Å². The van der Waals surface area contributed by atoms with Crippen LogP contribution in [0.3, 0.4) is 0 Å². The average molecular weight is 192 g/mol. The molecule has 1 unspecified atom stereocenters. The third kappa shape index (κ3) is 2.56. The standard InChI is InChI=1S/C12H16O2/c1-2-11-12(14-11)9-13-8-10-6-4-3-5-7-10/h3-7,11-12H,2,8-9H2,1H3/t11?,12-/m1/s1. The molecular formula is C12H16O2. The normalized spacial score (nSPS) is 24.9. The Morgan fingerprint density at radius 3 is 2.64 bits per heavy atom. The van der Waals surface area contributed by atoms with E-state index in [9.17, 15) is 0 Å². The maximum atomic E-state index is 5.55. The number of rotatable bonds is 5. The van der Waals surface area contributed by atoms with Crippen molar-refractivity contribution in [3.63, 3.8) is 0 Å². The highest BCUT2D eigenvalue weighted by Crippen LogP contribution is 2.25. The van der Waals surface area contributed by atoms with E-state index >= 15 is 0 Å². The van der Waals surface area contributed by atoms with Crippen LogP contribution in [-0.4, -0.2) is 18.8 Å². The molecule has 0 bridgehead atoms. The first-order valence-electron chi connectivity index (χ1n) is 5.17. The molecule has 2 rings (SSSR count). The Bertz CT molecular complexity index is 271. The predicted octanol–water partition coefficient (Wildman–Crippen LogP) is 2.38. The van der Waals surface area contributed by atoms with E-state index in [1.165, 1.54) is 5.56 Å². The van der Waals surface area contributed by atoms with E-state index in [0.717, 1.165) is 13.0 Å². The third-order valence-corrected chi connectivity index (χ3v) is 2.48. The zero-order valence-corrected chi connectivity index (χ0v) is 8.48. The summed E-state index contributed by atoms with van der Waals surface area (Å²) in [5.41, 5.74) is 1.22. The molecule has 2 heteroatoms. The monoisotopic (exact) mass is 192 g/mol. The molecule has 0 spiro atoms. The molecule has 1 heterocycles. The van der Waals surface area contributed by atoms with Crippen LogP contribution < -0.4 is 0 Å². The van der Waals surface area contributed by atoms with Gasteiger partial charge in [0, 0.05) is 0 Å². The Morgan fingerprint density at radius 2 is 2.00 bits per heavy atom. The molecule has 0 aromatic heterocycles. The van der Waals surface area contributed by atoms with Gasteiger partial charge in [0.1, 0.15) is 6.10 Å². The van der Waals surface area contributed by atoms with Gasteiger partial charge in [-0.05, 0) is 12.0 Å². The highest BCUT2D eigenvalue weighted by molar-refractivity contribution is 5.13. The van der Waals surface area contributed by atoms with Gasteiger partial charge in [-0.2, -0.15) is 0 Å². The molecule has 1 aliphatic rings. The van der Waals surface area contributed by atoms with Gasteiger partial charge in [-0.3, -0.25) is 0 Å². The summed E-state index contributed by atoms with van der Waals surface area (Å²) in [6.07, 6.45) is 1.90. The molecule has 1 fully saturated rings. The van der Waals surface area contributed by atoms with Crippen LogP contribution in [0.25, 0.3) is 0 Å². The zero-order valence-electron chi connectivity index (χ0n) is 8.48. The van der Waals surface area contributed by atoms with Crippen molar-refractivity contribution in [1.82, 2.24) is 0 Å². The fourth-order valence-electron chi connectivity index (χ4n) is 1.55. The molecule has 2 atom stereocenters. The smallest absolute Gasteiger partial charge is 0.107 e. The number of hydrogen-bond acceptors (Lipinski definition) is 2. The lowest BCUT2D eigenvalue weighted by atomic mass is 10.2. The molecule has 1 aliphatic heterocycles. The van der Waals surface area contributed by atoms with Crippen molar-refractivity contribution in [3.8, 4) is 0 Å². The van der Waals surface area contributed by atoms with Crippen molar-refractivity contribution < 1.29 is 9.47 Å². The summed E-state index contributed by atoms with van der Waals surface area (Å²) in [5, 5.41) is 0. The van der Waals surface area contributed by atoms with Crippen molar-refractivity contribution in [2.75, 3.05) is 6.61 Å². The number of benzene rings is 1. The summed E-state index contributed by atoms with van der Waals surface area (Å²) < 4.78 is 10.9. The minimum Gasteiger partial charge on any atom is -0.374 e. The Labute approximate surface area is 84.8 Å². The van der Waals surface area contributed by atoms with Gasteiger partial charge >= 0.3 is 0 Å². The van der Waals surface area contributed by atoms with E-state index in [4.69, 9.17) is 9.47 Å².